The van der Waals surface area contributed by atoms with Crippen molar-refractivity contribution in [3.8, 4) is 17.0 Å². The van der Waals surface area contributed by atoms with Gasteiger partial charge in [-0.2, -0.15) is 13.2 Å². The van der Waals surface area contributed by atoms with Gasteiger partial charge in [0, 0.05) is 51.2 Å². The third-order valence-electron chi connectivity index (χ3n) is 5.67. The number of aromatic nitrogens is 2. The van der Waals surface area contributed by atoms with Gasteiger partial charge in [0.1, 0.15) is 18.1 Å². The third-order valence-corrected chi connectivity index (χ3v) is 5.67. The number of anilines is 1. The second kappa shape index (κ2) is 11.0. The van der Waals surface area contributed by atoms with E-state index in [1.165, 1.54) is 6.20 Å². The van der Waals surface area contributed by atoms with E-state index >= 15 is 0 Å². The Bertz CT molecular complexity index is 961. The highest BCUT2D eigenvalue weighted by Crippen LogP contribution is 2.33. The number of alkyl halides is 3. The van der Waals surface area contributed by atoms with Crippen molar-refractivity contribution in [2.24, 2.45) is 0 Å². The maximum Gasteiger partial charge on any atom is 0.389 e. The van der Waals surface area contributed by atoms with Gasteiger partial charge in [-0.1, -0.05) is 0 Å². The van der Waals surface area contributed by atoms with Crippen LogP contribution in [-0.2, 0) is 16.0 Å². The van der Waals surface area contributed by atoms with Crippen molar-refractivity contribution < 1.29 is 37.7 Å². The maximum atomic E-state index is 12.5. The lowest BCUT2D eigenvalue weighted by atomic mass is 9.91. The fourth-order valence-electron chi connectivity index (χ4n) is 3.68. The Morgan fingerprint density at radius 3 is 2.44 bits per heavy atom. The van der Waals surface area contributed by atoms with E-state index in [4.69, 9.17) is 9.47 Å². The van der Waals surface area contributed by atoms with Crippen LogP contribution in [0, 0.1) is 0 Å². The van der Waals surface area contributed by atoms with Gasteiger partial charge in [-0.25, -0.2) is 9.78 Å². The average molecular weight is 483 g/mol. The lowest BCUT2D eigenvalue weighted by molar-refractivity contribution is -0.160. The quantitative estimate of drug-likeness (QED) is 0.495. The van der Waals surface area contributed by atoms with Gasteiger partial charge in [-0.3, -0.25) is 4.98 Å². The Hall–Kier alpha value is -2.92. The first-order chi connectivity index (χ1) is 16.1. The molecule has 186 valence electrons. The first-order valence-corrected chi connectivity index (χ1v) is 11.0. The number of hydrogen-bond acceptors (Lipinski definition) is 7. The molecule has 0 aliphatic carbocycles. The standard InChI is InChI=1S/C23H28F3N3O5/c1-33-13-14-34-18-6-4-16(5-7-18)19-20(29-11-9-22(32,10-12-29)21(30)31)28-17(15-27-19)3-2-8-23(24,25)26/h4-7,15,32H,2-3,8-14H2,1H3,(H,30,31). The number of carbonyl (C=O) groups is 1. The summed E-state index contributed by atoms with van der Waals surface area (Å²) in [6.07, 6.45) is -3.69. The molecule has 1 aliphatic heterocycles. The normalized spacial score (nSPS) is 15.9. The number of hydrogen-bond donors (Lipinski definition) is 2. The Kier molecular flexibility index (Phi) is 8.32. The largest absolute Gasteiger partial charge is 0.491 e. The number of ether oxygens (including phenoxy) is 2. The Balaban J connectivity index is 1.84. The van der Waals surface area contributed by atoms with Gasteiger partial charge in [0.05, 0.1) is 12.3 Å². The van der Waals surface area contributed by atoms with Crippen molar-refractivity contribution in [2.75, 3.05) is 38.3 Å². The maximum absolute atomic E-state index is 12.5. The van der Waals surface area contributed by atoms with Crippen molar-refractivity contribution in [3.63, 3.8) is 0 Å². The molecule has 1 saturated heterocycles. The molecule has 2 N–H and O–H groups in total. The molecule has 2 heterocycles. The van der Waals surface area contributed by atoms with Crippen molar-refractivity contribution in [1.29, 1.82) is 0 Å². The van der Waals surface area contributed by atoms with Crippen molar-refractivity contribution in [1.82, 2.24) is 9.97 Å². The molecule has 2 aromatic rings. The highest BCUT2D eigenvalue weighted by atomic mass is 19.4. The number of benzene rings is 1. The average Bonchev–Trinajstić information content (AvgIpc) is 2.79. The number of carboxylic acid groups (broad SMARTS) is 1. The van der Waals surface area contributed by atoms with Crippen LogP contribution in [0.1, 0.15) is 31.4 Å². The van der Waals surface area contributed by atoms with Crippen molar-refractivity contribution in [3.05, 3.63) is 36.2 Å². The van der Waals surface area contributed by atoms with E-state index in [9.17, 15) is 28.2 Å². The van der Waals surface area contributed by atoms with Gasteiger partial charge in [0.25, 0.3) is 0 Å². The van der Waals surface area contributed by atoms with E-state index < -0.39 is 24.2 Å². The molecule has 3 rings (SSSR count). The first-order valence-electron chi connectivity index (χ1n) is 11.0. The van der Waals surface area contributed by atoms with Gasteiger partial charge in [-0.05, 0) is 37.1 Å². The number of methoxy groups -OCH3 is 1. The van der Waals surface area contributed by atoms with E-state index in [0.29, 0.717) is 36.2 Å². The zero-order valence-corrected chi connectivity index (χ0v) is 18.8. The highest BCUT2D eigenvalue weighted by molar-refractivity contribution is 5.78. The van der Waals surface area contributed by atoms with Gasteiger partial charge in [0.15, 0.2) is 11.4 Å². The fourth-order valence-corrected chi connectivity index (χ4v) is 3.68. The lowest BCUT2D eigenvalue weighted by Gasteiger charge is -2.36. The summed E-state index contributed by atoms with van der Waals surface area (Å²) in [5.41, 5.74) is -0.150. The van der Waals surface area contributed by atoms with Crippen LogP contribution in [-0.4, -0.2) is 71.3 Å². The summed E-state index contributed by atoms with van der Waals surface area (Å²) in [7, 11) is 1.58. The van der Waals surface area contributed by atoms with E-state index in [1.54, 1.807) is 31.4 Å². The number of halogens is 3. The molecule has 34 heavy (non-hydrogen) atoms. The summed E-state index contributed by atoms with van der Waals surface area (Å²) < 4.78 is 48.2. The molecule has 1 aliphatic rings. The predicted octanol–water partition coefficient (Wildman–Crippen LogP) is 3.47. The molecular formula is C23H28F3N3O5. The molecule has 0 saturated carbocycles. The zero-order chi connectivity index (χ0) is 24.8. The summed E-state index contributed by atoms with van der Waals surface area (Å²) in [5, 5.41) is 19.6. The van der Waals surface area contributed by atoms with Crippen LogP contribution in [0.15, 0.2) is 30.5 Å². The molecule has 11 heteroatoms. The number of aryl methyl sites for hydroxylation is 1. The molecule has 1 aromatic heterocycles. The van der Waals surface area contributed by atoms with E-state index in [0.717, 1.165) is 5.56 Å². The molecule has 0 atom stereocenters. The summed E-state index contributed by atoms with van der Waals surface area (Å²) in [4.78, 5) is 22.3. The monoisotopic (exact) mass is 483 g/mol. The van der Waals surface area contributed by atoms with Crippen molar-refractivity contribution in [2.45, 2.75) is 43.9 Å². The van der Waals surface area contributed by atoms with E-state index in [2.05, 4.69) is 9.97 Å². The molecule has 0 bridgehead atoms. The van der Waals surface area contributed by atoms with Crippen LogP contribution < -0.4 is 9.64 Å². The van der Waals surface area contributed by atoms with Gasteiger partial charge < -0.3 is 24.6 Å². The fraction of sp³-hybridized carbons (Fsp3) is 0.522. The highest BCUT2D eigenvalue weighted by Gasteiger charge is 2.40. The Labute approximate surface area is 195 Å². The minimum atomic E-state index is -4.24. The second-order valence-corrected chi connectivity index (χ2v) is 8.19. The van der Waals surface area contributed by atoms with Gasteiger partial charge >= 0.3 is 12.1 Å². The van der Waals surface area contributed by atoms with Gasteiger partial charge in [-0.15, -0.1) is 0 Å². The minimum Gasteiger partial charge on any atom is -0.491 e. The smallest absolute Gasteiger partial charge is 0.389 e. The molecular weight excluding hydrogens is 455 g/mol. The second-order valence-electron chi connectivity index (χ2n) is 8.19. The lowest BCUT2D eigenvalue weighted by Crippen LogP contribution is -2.49. The Morgan fingerprint density at radius 2 is 1.85 bits per heavy atom. The summed E-state index contributed by atoms with van der Waals surface area (Å²) >= 11 is 0. The number of piperidine rings is 1. The van der Waals surface area contributed by atoms with Crippen LogP contribution in [0.3, 0.4) is 0 Å². The number of rotatable bonds is 10. The number of aliphatic hydroxyl groups is 1. The number of carboxylic acids is 1. The summed E-state index contributed by atoms with van der Waals surface area (Å²) in [6, 6.07) is 7.15. The molecule has 0 amide bonds. The first kappa shape index (κ1) is 25.7. The van der Waals surface area contributed by atoms with E-state index in [1.807, 2.05) is 4.90 Å². The number of nitrogens with zero attached hydrogens (tertiary/aromatic N) is 3. The molecule has 8 nitrogen and oxygen atoms in total. The summed E-state index contributed by atoms with van der Waals surface area (Å²) in [6.45, 7) is 1.28. The predicted molar refractivity (Wildman–Crippen MR) is 118 cm³/mol. The van der Waals surface area contributed by atoms with Crippen LogP contribution in [0.2, 0.25) is 0 Å². The van der Waals surface area contributed by atoms with E-state index in [-0.39, 0.29) is 38.8 Å². The zero-order valence-electron chi connectivity index (χ0n) is 18.8. The third kappa shape index (κ3) is 6.80. The molecule has 0 radical (unpaired) electrons. The molecule has 1 aromatic carbocycles. The van der Waals surface area contributed by atoms with Crippen LogP contribution in [0.25, 0.3) is 11.3 Å². The number of aliphatic carboxylic acids is 1. The topological polar surface area (TPSA) is 105 Å². The summed E-state index contributed by atoms with van der Waals surface area (Å²) in [5.74, 6) is -0.183. The Morgan fingerprint density at radius 1 is 1.18 bits per heavy atom. The minimum absolute atomic E-state index is 0.00592. The molecule has 0 unspecified atom stereocenters. The SMILES string of the molecule is COCCOc1ccc(-c2ncc(CCCC(F)(F)F)nc2N2CCC(O)(C(=O)O)CC2)cc1. The van der Waals surface area contributed by atoms with Gasteiger partial charge in [0.2, 0.25) is 0 Å². The van der Waals surface area contributed by atoms with Crippen LogP contribution >= 0.6 is 0 Å². The van der Waals surface area contributed by atoms with Crippen LogP contribution in [0.4, 0.5) is 19.0 Å². The molecule has 1 fully saturated rings. The van der Waals surface area contributed by atoms with Crippen molar-refractivity contribution >= 4 is 11.8 Å². The van der Waals surface area contributed by atoms with Crippen LogP contribution in [0.5, 0.6) is 5.75 Å². The molecule has 0 spiro atoms.